The van der Waals surface area contributed by atoms with Gasteiger partial charge in [-0.1, -0.05) is 39.7 Å². The number of halogens is 2. The lowest BCUT2D eigenvalue weighted by Crippen LogP contribution is -2.30. The van der Waals surface area contributed by atoms with Crippen molar-refractivity contribution in [2.24, 2.45) is 0 Å². The fourth-order valence-corrected chi connectivity index (χ4v) is 2.74. The van der Waals surface area contributed by atoms with Gasteiger partial charge in [-0.3, -0.25) is 4.79 Å². The highest BCUT2D eigenvalue weighted by Crippen LogP contribution is 2.21. The highest BCUT2D eigenvalue weighted by atomic mass is 79.9. The Labute approximate surface area is 166 Å². The Bertz CT molecular complexity index is 780. The van der Waals surface area contributed by atoms with Gasteiger partial charge < -0.3 is 14.4 Å². The molecule has 5 nitrogen and oxygen atoms in total. The molecule has 0 N–H and O–H groups in total. The van der Waals surface area contributed by atoms with Crippen LogP contribution < -0.4 is 4.74 Å². The van der Waals surface area contributed by atoms with Crippen LogP contribution >= 0.6 is 27.5 Å². The van der Waals surface area contributed by atoms with Crippen molar-refractivity contribution in [1.29, 1.82) is 0 Å². The zero-order chi connectivity index (χ0) is 19.1. The van der Waals surface area contributed by atoms with Crippen molar-refractivity contribution < 1.29 is 19.1 Å². The number of hydrogen-bond acceptors (Lipinski definition) is 4. The number of benzene rings is 2. The molecule has 0 unspecified atom stereocenters. The van der Waals surface area contributed by atoms with Gasteiger partial charge in [0.25, 0.3) is 5.91 Å². The Kier molecular flexibility index (Phi) is 7.48. The number of carbonyl (C=O) groups is 2. The summed E-state index contributed by atoms with van der Waals surface area (Å²) < 4.78 is 11.2. The highest BCUT2D eigenvalue weighted by Gasteiger charge is 2.16. The Morgan fingerprint density at radius 3 is 2.50 bits per heavy atom. The molecule has 0 aliphatic carbocycles. The molecule has 26 heavy (non-hydrogen) atoms. The van der Waals surface area contributed by atoms with E-state index >= 15 is 0 Å². The molecule has 0 heterocycles. The number of carbonyl (C=O) groups excluding carboxylic acids is 2. The van der Waals surface area contributed by atoms with Crippen molar-refractivity contribution >= 4 is 39.4 Å². The minimum absolute atomic E-state index is 0.211. The SMILES string of the molecule is CCOc1ccc(CN(C)C(=O)COC(=O)c2cc(Br)ccc2Cl)cc1. The second kappa shape index (κ2) is 9.59. The van der Waals surface area contributed by atoms with Crippen LogP contribution in [0.3, 0.4) is 0 Å². The van der Waals surface area contributed by atoms with Gasteiger partial charge in [0.05, 0.1) is 17.2 Å². The number of esters is 1. The van der Waals surface area contributed by atoms with Gasteiger partial charge in [-0.2, -0.15) is 0 Å². The maximum Gasteiger partial charge on any atom is 0.340 e. The molecule has 0 radical (unpaired) electrons. The molecule has 0 aliphatic heterocycles. The first-order valence-corrected chi connectivity index (χ1v) is 9.15. The fourth-order valence-electron chi connectivity index (χ4n) is 2.19. The smallest absolute Gasteiger partial charge is 0.340 e. The van der Waals surface area contributed by atoms with E-state index in [1.54, 1.807) is 25.2 Å². The summed E-state index contributed by atoms with van der Waals surface area (Å²) in [7, 11) is 1.65. The summed E-state index contributed by atoms with van der Waals surface area (Å²) in [5.74, 6) is -0.164. The van der Waals surface area contributed by atoms with Crippen molar-refractivity contribution in [3.05, 3.63) is 63.1 Å². The quantitative estimate of drug-likeness (QED) is 0.602. The molecule has 0 saturated heterocycles. The van der Waals surface area contributed by atoms with E-state index in [-0.39, 0.29) is 23.1 Å². The van der Waals surface area contributed by atoms with Crippen molar-refractivity contribution in [2.45, 2.75) is 13.5 Å². The lowest BCUT2D eigenvalue weighted by Gasteiger charge is -2.17. The van der Waals surface area contributed by atoms with E-state index in [1.165, 1.54) is 4.90 Å². The second-order valence-corrected chi connectivity index (χ2v) is 6.85. The van der Waals surface area contributed by atoms with E-state index < -0.39 is 5.97 Å². The number of amides is 1. The summed E-state index contributed by atoms with van der Waals surface area (Å²) in [6.45, 7) is 2.57. The standard InChI is InChI=1S/C19H19BrClNO4/c1-3-25-15-7-4-13(5-8-15)11-22(2)18(23)12-26-19(24)16-10-14(20)6-9-17(16)21/h4-10H,3,11-12H2,1-2H3. The Hall–Kier alpha value is -2.05. The van der Waals surface area contributed by atoms with E-state index in [0.29, 0.717) is 17.6 Å². The molecular formula is C19H19BrClNO4. The molecule has 0 aromatic heterocycles. The molecule has 2 aromatic carbocycles. The molecule has 2 rings (SSSR count). The van der Waals surface area contributed by atoms with Gasteiger partial charge in [0.1, 0.15) is 5.75 Å². The fraction of sp³-hybridized carbons (Fsp3) is 0.263. The van der Waals surface area contributed by atoms with Crippen molar-refractivity contribution in [3.63, 3.8) is 0 Å². The second-order valence-electron chi connectivity index (χ2n) is 5.53. The average molecular weight is 441 g/mol. The summed E-state index contributed by atoms with van der Waals surface area (Å²) in [5, 5.41) is 0.272. The molecule has 0 bridgehead atoms. The molecule has 2 aromatic rings. The number of hydrogen-bond donors (Lipinski definition) is 0. The van der Waals surface area contributed by atoms with Crippen LogP contribution in [0.2, 0.25) is 5.02 Å². The topological polar surface area (TPSA) is 55.8 Å². The van der Waals surface area contributed by atoms with Crippen LogP contribution in [0.1, 0.15) is 22.8 Å². The Morgan fingerprint density at radius 2 is 1.85 bits per heavy atom. The van der Waals surface area contributed by atoms with Gasteiger partial charge in [0.15, 0.2) is 6.61 Å². The van der Waals surface area contributed by atoms with Gasteiger partial charge in [-0.15, -0.1) is 0 Å². The molecule has 7 heteroatoms. The third-order valence-corrected chi connectivity index (χ3v) is 4.38. The summed E-state index contributed by atoms with van der Waals surface area (Å²) in [6.07, 6.45) is 0. The van der Waals surface area contributed by atoms with Crippen molar-refractivity contribution in [2.75, 3.05) is 20.3 Å². The average Bonchev–Trinajstić information content (AvgIpc) is 2.63. The van der Waals surface area contributed by atoms with Gasteiger partial charge in [-0.25, -0.2) is 4.79 Å². The normalized spacial score (nSPS) is 10.3. The van der Waals surface area contributed by atoms with Crippen LogP contribution in [0.15, 0.2) is 46.9 Å². The van der Waals surface area contributed by atoms with E-state index in [4.69, 9.17) is 21.1 Å². The molecular weight excluding hydrogens is 422 g/mol. The van der Waals surface area contributed by atoms with Crippen LogP contribution in [-0.2, 0) is 16.1 Å². The van der Waals surface area contributed by atoms with E-state index in [2.05, 4.69) is 15.9 Å². The van der Waals surface area contributed by atoms with Crippen molar-refractivity contribution in [3.8, 4) is 5.75 Å². The van der Waals surface area contributed by atoms with Gasteiger partial charge in [0.2, 0.25) is 0 Å². The Balaban J connectivity index is 1.88. The predicted octanol–water partition coefficient (Wildman–Crippen LogP) is 4.32. The highest BCUT2D eigenvalue weighted by molar-refractivity contribution is 9.10. The summed E-state index contributed by atoms with van der Waals surface area (Å²) in [6, 6.07) is 12.3. The lowest BCUT2D eigenvalue weighted by atomic mass is 10.2. The maximum atomic E-state index is 12.2. The van der Waals surface area contributed by atoms with Crippen LogP contribution in [0.5, 0.6) is 5.75 Å². The zero-order valence-electron chi connectivity index (χ0n) is 14.5. The van der Waals surface area contributed by atoms with E-state index in [0.717, 1.165) is 11.3 Å². The number of ether oxygens (including phenoxy) is 2. The van der Waals surface area contributed by atoms with Gasteiger partial charge >= 0.3 is 5.97 Å². The molecule has 0 aliphatic rings. The van der Waals surface area contributed by atoms with Crippen LogP contribution in [0.25, 0.3) is 0 Å². The molecule has 138 valence electrons. The van der Waals surface area contributed by atoms with E-state index in [9.17, 15) is 9.59 Å². The summed E-state index contributed by atoms with van der Waals surface area (Å²) in [5.41, 5.74) is 1.16. The Morgan fingerprint density at radius 1 is 1.15 bits per heavy atom. The first-order chi connectivity index (χ1) is 12.4. The molecule has 0 atom stereocenters. The van der Waals surface area contributed by atoms with Gasteiger partial charge in [-0.05, 0) is 42.8 Å². The minimum Gasteiger partial charge on any atom is -0.494 e. The first kappa shape index (κ1) is 20.3. The van der Waals surface area contributed by atoms with Crippen LogP contribution in [-0.4, -0.2) is 37.0 Å². The number of nitrogens with zero attached hydrogens (tertiary/aromatic N) is 1. The predicted molar refractivity (Wildman–Crippen MR) is 104 cm³/mol. The van der Waals surface area contributed by atoms with Crippen LogP contribution in [0.4, 0.5) is 0 Å². The number of likely N-dealkylation sites (N-methyl/N-ethyl adjacent to an activating group) is 1. The third-order valence-electron chi connectivity index (χ3n) is 3.55. The summed E-state index contributed by atoms with van der Waals surface area (Å²) in [4.78, 5) is 25.8. The van der Waals surface area contributed by atoms with Gasteiger partial charge in [0, 0.05) is 18.1 Å². The molecule has 0 fully saturated rings. The lowest BCUT2D eigenvalue weighted by molar-refractivity contribution is -0.133. The summed E-state index contributed by atoms with van der Waals surface area (Å²) >= 11 is 9.25. The first-order valence-electron chi connectivity index (χ1n) is 7.98. The van der Waals surface area contributed by atoms with Crippen LogP contribution in [0, 0.1) is 0 Å². The van der Waals surface area contributed by atoms with Crippen molar-refractivity contribution in [1.82, 2.24) is 4.90 Å². The molecule has 1 amide bonds. The number of rotatable bonds is 7. The largest absolute Gasteiger partial charge is 0.494 e. The molecule has 0 spiro atoms. The maximum absolute atomic E-state index is 12.2. The van der Waals surface area contributed by atoms with E-state index in [1.807, 2.05) is 31.2 Å². The zero-order valence-corrected chi connectivity index (χ0v) is 16.8. The third kappa shape index (κ3) is 5.75. The minimum atomic E-state index is -0.640. The monoisotopic (exact) mass is 439 g/mol. The molecule has 0 saturated carbocycles.